The topological polar surface area (TPSA) is 111 Å². The van der Waals surface area contributed by atoms with E-state index in [-0.39, 0.29) is 12.2 Å². The van der Waals surface area contributed by atoms with Crippen molar-refractivity contribution in [2.75, 3.05) is 0 Å². The van der Waals surface area contributed by atoms with Gasteiger partial charge in [-0.1, -0.05) is 30.3 Å². The van der Waals surface area contributed by atoms with Gasteiger partial charge in [0.25, 0.3) is 5.91 Å². The summed E-state index contributed by atoms with van der Waals surface area (Å²) >= 11 is 0. The van der Waals surface area contributed by atoms with Crippen molar-refractivity contribution >= 4 is 12.0 Å². The smallest absolute Gasteiger partial charge is 0.416 e. The molecule has 1 atom stereocenters. The fourth-order valence-corrected chi connectivity index (χ4v) is 4.19. The molecule has 0 bridgehead atoms. The Bertz CT molecular complexity index is 1580. The Morgan fingerprint density at radius 3 is 2.36 bits per heavy atom. The maximum atomic E-state index is 13.5. The van der Waals surface area contributed by atoms with Crippen molar-refractivity contribution in [3.63, 3.8) is 0 Å². The summed E-state index contributed by atoms with van der Waals surface area (Å²) in [7, 11) is 1.76. The number of benzene rings is 2. The fourth-order valence-electron chi connectivity index (χ4n) is 4.19. The van der Waals surface area contributed by atoms with Gasteiger partial charge in [-0.3, -0.25) is 14.5 Å². The Balaban J connectivity index is 1.52. The number of hydrogen-bond acceptors (Lipinski definition) is 6. The molecule has 0 aliphatic carbocycles. The quantitative estimate of drug-likeness (QED) is 0.274. The van der Waals surface area contributed by atoms with Gasteiger partial charge in [0, 0.05) is 19.8 Å². The van der Waals surface area contributed by atoms with Gasteiger partial charge in [0.1, 0.15) is 17.0 Å². The van der Waals surface area contributed by atoms with Gasteiger partial charge in [-0.05, 0) is 68.1 Å². The molecule has 0 saturated heterocycles. The van der Waals surface area contributed by atoms with Crippen LogP contribution in [0, 0.1) is 0 Å². The van der Waals surface area contributed by atoms with E-state index in [0.29, 0.717) is 28.1 Å². The Labute approximate surface area is 241 Å². The van der Waals surface area contributed by atoms with Gasteiger partial charge in [-0.25, -0.2) is 9.78 Å². The molecule has 2 heterocycles. The van der Waals surface area contributed by atoms with Crippen molar-refractivity contribution in [1.29, 1.82) is 0 Å². The number of nitrogens with one attached hydrogen (secondary N) is 2. The third-order valence-electron chi connectivity index (χ3n) is 6.28. The molecule has 2 aromatic carbocycles. The van der Waals surface area contributed by atoms with E-state index in [4.69, 9.17) is 4.74 Å². The molecular weight excluding hydrogens is 549 g/mol. The van der Waals surface area contributed by atoms with Crippen LogP contribution in [-0.4, -0.2) is 37.3 Å². The van der Waals surface area contributed by atoms with E-state index < -0.39 is 35.4 Å². The Hall–Kier alpha value is -4.74. The number of alkyl halides is 3. The summed E-state index contributed by atoms with van der Waals surface area (Å²) in [5, 5.41) is 9.58. The van der Waals surface area contributed by atoms with Gasteiger partial charge < -0.3 is 15.4 Å². The molecule has 4 rings (SSSR count). The zero-order valence-electron chi connectivity index (χ0n) is 23.8. The van der Waals surface area contributed by atoms with Crippen LogP contribution in [0.15, 0.2) is 67.1 Å². The molecule has 0 fully saturated rings. The van der Waals surface area contributed by atoms with Crippen LogP contribution >= 0.6 is 0 Å². The van der Waals surface area contributed by atoms with E-state index >= 15 is 0 Å². The predicted octanol–water partition coefficient (Wildman–Crippen LogP) is 6.08. The Morgan fingerprint density at radius 1 is 1.02 bits per heavy atom. The number of carbonyl (C=O) groups excluding carboxylic acids is 2. The molecule has 0 aliphatic rings. The second-order valence-corrected chi connectivity index (χ2v) is 10.7. The summed E-state index contributed by atoms with van der Waals surface area (Å²) in [6.07, 6.45) is -0.688. The standard InChI is InChI=1S/C30H31F3N6O3/c1-18(37-27(40)25-17-34-16-24(38-25)26-12-13-36-39(26)5)19-6-8-20(9-7-19)23-14-22(30(31,32)33)11-10-21(23)15-35-28(41)42-29(2,3)4/h6-14,16-18H,15H2,1-5H3,(H,35,41)(H,37,40)/t18-/m1/s1. The number of carbonyl (C=O) groups is 2. The monoisotopic (exact) mass is 580 g/mol. The van der Waals surface area contributed by atoms with E-state index in [1.54, 1.807) is 82.1 Å². The summed E-state index contributed by atoms with van der Waals surface area (Å²) in [6, 6.07) is 11.5. The largest absolute Gasteiger partial charge is 0.444 e. The number of rotatable bonds is 7. The maximum Gasteiger partial charge on any atom is 0.416 e. The summed E-state index contributed by atoms with van der Waals surface area (Å²) in [4.78, 5) is 33.6. The van der Waals surface area contributed by atoms with Crippen LogP contribution in [0.2, 0.25) is 0 Å². The molecule has 42 heavy (non-hydrogen) atoms. The second-order valence-electron chi connectivity index (χ2n) is 10.7. The minimum atomic E-state index is -4.54. The molecule has 0 aliphatic heterocycles. The molecule has 2 N–H and O–H groups in total. The first kappa shape index (κ1) is 30.2. The van der Waals surface area contributed by atoms with E-state index in [2.05, 4.69) is 25.7 Å². The molecule has 12 heteroatoms. The Kier molecular flexibility index (Phi) is 8.64. The molecule has 220 valence electrons. The lowest BCUT2D eigenvalue weighted by Gasteiger charge is -2.20. The lowest BCUT2D eigenvalue weighted by Crippen LogP contribution is -2.32. The van der Waals surface area contributed by atoms with Crippen LogP contribution in [0.4, 0.5) is 18.0 Å². The van der Waals surface area contributed by atoms with E-state index in [9.17, 15) is 22.8 Å². The van der Waals surface area contributed by atoms with Crippen molar-refractivity contribution in [3.8, 4) is 22.5 Å². The molecular formula is C30H31F3N6O3. The molecule has 0 saturated carbocycles. The van der Waals surface area contributed by atoms with Crippen LogP contribution < -0.4 is 10.6 Å². The maximum absolute atomic E-state index is 13.5. The zero-order valence-corrected chi connectivity index (χ0v) is 23.8. The van der Waals surface area contributed by atoms with E-state index in [0.717, 1.165) is 17.7 Å². The van der Waals surface area contributed by atoms with E-state index in [1.807, 2.05) is 0 Å². The first-order chi connectivity index (χ1) is 19.7. The Morgan fingerprint density at radius 2 is 1.74 bits per heavy atom. The van der Waals surface area contributed by atoms with Crippen LogP contribution in [-0.2, 0) is 24.5 Å². The van der Waals surface area contributed by atoms with Crippen molar-refractivity contribution in [1.82, 2.24) is 30.4 Å². The number of nitrogens with zero attached hydrogens (tertiary/aromatic N) is 4. The predicted molar refractivity (Wildman–Crippen MR) is 150 cm³/mol. The van der Waals surface area contributed by atoms with Gasteiger partial charge in [0.15, 0.2) is 0 Å². The van der Waals surface area contributed by atoms with Crippen molar-refractivity contribution < 1.29 is 27.5 Å². The summed E-state index contributed by atoms with van der Waals surface area (Å²) in [5.74, 6) is -0.434. The molecule has 2 aromatic heterocycles. The number of halogens is 3. The van der Waals surface area contributed by atoms with Crippen LogP contribution in [0.3, 0.4) is 0 Å². The first-order valence-corrected chi connectivity index (χ1v) is 13.1. The van der Waals surface area contributed by atoms with Crippen LogP contribution in [0.5, 0.6) is 0 Å². The highest BCUT2D eigenvalue weighted by atomic mass is 19.4. The highest BCUT2D eigenvalue weighted by Gasteiger charge is 2.31. The van der Waals surface area contributed by atoms with E-state index in [1.165, 1.54) is 12.3 Å². The minimum absolute atomic E-state index is 0.0322. The van der Waals surface area contributed by atoms with Crippen molar-refractivity contribution in [3.05, 3.63) is 89.5 Å². The molecule has 0 unspecified atom stereocenters. The number of hydrogen-bond donors (Lipinski definition) is 2. The molecule has 9 nitrogen and oxygen atoms in total. The SMILES string of the molecule is C[C@@H](NC(=O)c1cncc(-c2ccnn2C)n1)c1ccc(-c2cc(C(F)(F)F)ccc2CNC(=O)OC(C)(C)C)cc1. The highest BCUT2D eigenvalue weighted by Crippen LogP contribution is 2.34. The summed E-state index contributed by atoms with van der Waals surface area (Å²) in [5.41, 5.74) is 1.84. The molecule has 4 aromatic rings. The minimum Gasteiger partial charge on any atom is -0.444 e. The lowest BCUT2D eigenvalue weighted by atomic mass is 9.95. The number of amides is 2. The first-order valence-electron chi connectivity index (χ1n) is 13.1. The van der Waals surface area contributed by atoms with Crippen LogP contribution in [0.1, 0.15) is 60.9 Å². The second kappa shape index (κ2) is 12.0. The summed E-state index contributed by atoms with van der Waals surface area (Å²) in [6.45, 7) is 6.90. The number of aryl methyl sites for hydroxylation is 1. The normalized spacial score (nSPS) is 12.5. The average molecular weight is 581 g/mol. The van der Waals surface area contributed by atoms with Crippen molar-refractivity contribution in [2.45, 2.75) is 52.1 Å². The van der Waals surface area contributed by atoms with Gasteiger partial charge in [0.05, 0.1) is 29.7 Å². The lowest BCUT2D eigenvalue weighted by molar-refractivity contribution is -0.137. The van der Waals surface area contributed by atoms with Gasteiger partial charge >= 0.3 is 12.3 Å². The number of ether oxygens (including phenoxy) is 1. The molecule has 0 radical (unpaired) electrons. The fraction of sp³-hybridized carbons (Fsp3) is 0.300. The van der Waals surface area contributed by atoms with Crippen LogP contribution in [0.25, 0.3) is 22.5 Å². The highest BCUT2D eigenvalue weighted by molar-refractivity contribution is 5.92. The average Bonchev–Trinajstić information content (AvgIpc) is 3.36. The third-order valence-corrected chi connectivity index (χ3v) is 6.28. The third kappa shape index (κ3) is 7.50. The van der Waals surface area contributed by atoms with Gasteiger partial charge in [-0.15, -0.1) is 0 Å². The zero-order chi connectivity index (χ0) is 30.7. The molecule has 0 spiro atoms. The molecule has 2 amide bonds. The summed E-state index contributed by atoms with van der Waals surface area (Å²) < 4.78 is 47.4. The van der Waals surface area contributed by atoms with Gasteiger partial charge in [0.2, 0.25) is 0 Å². The number of alkyl carbamates (subject to hydrolysis) is 1. The van der Waals surface area contributed by atoms with Gasteiger partial charge in [-0.2, -0.15) is 18.3 Å². The number of aromatic nitrogens is 4. The van der Waals surface area contributed by atoms with Crippen molar-refractivity contribution in [2.24, 2.45) is 7.05 Å².